The molecule has 22 heavy (non-hydrogen) atoms. The molecule has 118 valence electrons. The Bertz CT molecular complexity index is 675. The Labute approximate surface area is 129 Å². The monoisotopic (exact) mass is 303 g/mol. The lowest BCUT2D eigenvalue weighted by Gasteiger charge is -2.27. The fourth-order valence-corrected chi connectivity index (χ4v) is 2.79. The third kappa shape index (κ3) is 2.76. The summed E-state index contributed by atoms with van der Waals surface area (Å²) in [6.45, 7) is 2.69. The number of hydrogen-bond acceptors (Lipinski definition) is 4. The number of imidazole rings is 1. The van der Waals surface area contributed by atoms with E-state index in [1.165, 1.54) is 0 Å². The largest absolute Gasteiger partial charge is 0.378 e. The lowest BCUT2D eigenvalue weighted by Crippen LogP contribution is -2.36. The molecule has 3 rings (SSSR count). The number of nitrogens with one attached hydrogen (secondary N) is 1. The van der Waals surface area contributed by atoms with Crippen LogP contribution in [0, 0.1) is 5.92 Å². The first kappa shape index (κ1) is 14.8. The summed E-state index contributed by atoms with van der Waals surface area (Å²) in [5.41, 5.74) is 0.734. The molecule has 0 aromatic carbocycles. The lowest BCUT2D eigenvalue weighted by molar-refractivity contribution is -0.127. The topological polar surface area (TPSA) is 74.0 Å². The molecule has 2 atom stereocenters. The number of ether oxygens (including phenoxy) is 1. The van der Waals surface area contributed by atoms with Gasteiger partial charge in [0.1, 0.15) is 11.5 Å². The first-order valence-corrected chi connectivity index (χ1v) is 7.50. The maximum absolute atomic E-state index is 12.4. The number of nitrogens with zero attached hydrogens (tertiary/aromatic N) is 4. The van der Waals surface area contributed by atoms with Crippen LogP contribution >= 0.6 is 0 Å². The first-order chi connectivity index (χ1) is 10.6. The van der Waals surface area contributed by atoms with E-state index >= 15 is 0 Å². The first-order valence-electron chi connectivity index (χ1n) is 7.50. The van der Waals surface area contributed by atoms with Crippen molar-refractivity contribution in [3.8, 4) is 11.5 Å². The second-order valence-corrected chi connectivity index (χ2v) is 5.71. The molecule has 0 saturated carbocycles. The molecule has 1 fully saturated rings. The van der Waals surface area contributed by atoms with Crippen molar-refractivity contribution in [2.75, 3.05) is 11.9 Å². The van der Waals surface area contributed by atoms with Gasteiger partial charge in [-0.25, -0.2) is 4.98 Å². The second kappa shape index (κ2) is 5.92. The van der Waals surface area contributed by atoms with Crippen molar-refractivity contribution in [1.29, 1.82) is 0 Å². The summed E-state index contributed by atoms with van der Waals surface area (Å²) in [5.74, 6) is 1.31. The third-order valence-corrected chi connectivity index (χ3v) is 4.12. The maximum atomic E-state index is 12.4. The van der Waals surface area contributed by atoms with Gasteiger partial charge in [0, 0.05) is 39.2 Å². The van der Waals surface area contributed by atoms with Crippen LogP contribution in [0.2, 0.25) is 0 Å². The van der Waals surface area contributed by atoms with E-state index in [-0.39, 0.29) is 17.9 Å². The Morgan fingerprint density at radius 1 is 1.45 bits per heavy atom. The number of rotatable bonds is 3. The highest BCUT2D eigenvalue weighted by molar-refractivity contribution is 5.92. The molecule has 3 heterocycles. The molecule has 1 aliphatic rings. The van der Waals surface area contributed by atoms with E-state index in [1.807, 2.05) is 37.8 Å². The number of aryl methyl sites for hydroxylation is 2. The predicted octanol–water partition coefficient (Wildman–Crippen LogP) is 1.57. The standard InChI is InChI=1S/C15H21N5O2/c1-10-11(5-4-8-22-10)15(21)17-13-9-12(18-20(13)3)14-16-6-7-19(14)2/h6-7,9-11H,4-5,8H2,1-3H3,(H,17,21). The zero-order valence-corrected chi connectivity index (χ0v) is 13.1. The SMILES string of the molecule is CC1OCCCC1C(=O)Nc1cc(-c2nccn2C)nn1C. The number of anilines is 1. The van der Waals surface area contributed by atoms with Crippen LogP contribution < -0.4 is 5.32 Å². The minimum absolute atomic E-state index is 0.0124. The summed E-state index contributed by atoms with van der Waals surface area (Å²) in [7, 11) is 3.72. The molecule has 1 N–H and O–H groups in total. The van der Waals surface area contributed by atoms with Gasteiger partial charge < -0.3 is 14.6 Å². The van der Waals surface area contributed by atoms with Gasteiger partial charge in [0.15, 0.2) is 5.82 Å². The Morgan fingerprint density at radius 3 is 2.95 bits per heavy atom. The Morgan fingerprint density at radius 2 is 2.27 bits per heavy atom. The summed E-state index contributed by atoms with van der Waals surface area (Å²) < 4.78 is 9.12. The highest BCUT2D eigenvalue weighted by atomic mass is 16.5. The number of amides is 1. The Hall–Kier alpha value is -2.15. The van der Waals surface area contributed by atoms with Gasteiger partial charge in [-0.1, -0.05) is 0 Å². The highest BCUT2D eigenvalue weighted by Gasteiger charge is 2.29. The van der Waals surface area contributed by atoms with Gasteiger partial charge in [-0.05, 0) is 19.8 Å². The summed E-state index contributed by atoms with van der Waals surface area (Å²) in [6, 6.07) is 1.84. The van der Waals surface area contributed by atoms with Crippen LogP contribution in [0.5, 0.6) is 0 Å². The molecular weight excluding hydrogens is 282 g/mol. The molecule has 2 unspecified atom stereocenters. The fourth-order valence-electron chi connectivity index (χ4n) is 2.79. The molecule has 7 heteroatoms. The van der Waals surface area contributed by atoms with Crippen molar-refractivity contribution >= 4 is 11.7 Å². The van der Waals surface area contributed by atoms with Gasteiger partial charge in [0.2, 0.25) is 5.91 Å². The summed E-state index contributed by atoms with van der Waals surface area (Å²) in [6.07, 6.45) is 5.33. The van der Waals surface area contributed by atoms with Gasteiger partial charge >= 0.3 is 0 Å². The summed E-state index contributed by atoms with van der Waals surface area (Å²) in [5, 5.41) is 7.38. The van der Waals surface area contributed by atoms with E-state index in [1.54, 1.807) is 10.9 Å². The fraction of sp³-hybridized carbons (Fsp3) is 0.533. The lowest BCUT2D eigenvalue weighted by atomic mass is 9.94. The van der Waals surface area contributed by atoms with Crippen molar-refractivity contribution in [2.45, 2.75) is 25.9 Å². The smallest absolute Gasteiger partial charge is 0.231 e. The minimum atomic E-state index is -0.111. The van der Waals surface area contributed by atoms with Crippen LogP contribution in [-0.4, -0.2) is 37.9 Å². The van der Waals surface area contributed by atoms with E-state index in [4.69, 9.17) is 4.74 Å². The van der Waals surface area contributed by atoms with E-state index in [0.29, 0.717) is 5.82 Å². The van der Waals surface area contributed by atoms with Crippen molar-refractivity contribution in [3.63, 3.8) is 0 Å². The molecule has 1 aliphatic heterocycles. The number of hydrogen-bond donors (Lipinski definition) is 1. The van der Waals surface area contributed by atoms with Crippen molar-refractivity contribution in [1.82, 2.24) is 19.3 Å². The molecular formula is C15H21N5O2. The zero-order valence-electron chi connectivity index (χ0n) is 13.1. The van der Waals surface area contributed by atoms with Crippen LogP contribution in [0.4, 0.5) is 5.82 Å². The van der Waals surface area contributed by atoms with E-state index in [9.17, 15) is 4.79 Å². The Kier molecular flexibility index (Phi) is 3.98. The molecule has 7 nitrogen and oxygen atoms in total. The van der Waals surface area contributed by atoms with Crippen LogP contribution in [0.3, 0.4) is 0 Å². The van der Waals surface area contributed by atoms with Gasteiger partial charge in [0.25, 0.3) is 0 Å². The average Bonchev–Trinajstić information content (AvgIpc) is 3.06. The summed E-state index contributed by atoms with van der Waals surface area (Å²) >= 11 is 0. The highest BCUT2D eigenvalue weighted by Crippen LogP contribution is 2.24. The third-order valence-electron chi connectivity index (χ3n) is 4.12. The predicted molar refractivity (Wildman–Crippen MR) is 82.2 cm³/mol. The molecule has 1 saturated heterocycles. The van der Waals surface area contributed by atoms with Crippen LogP contribution in [-0.2, 0) is 23.6 Å². The minimum Gasteiger partial charge on any atom is -0.378 e. The van der Waals surface area contributed by atoms with Crippen molar-refractivity contribution in [3.05, 3.63) is 18.5 Å². The molecule has 1 amide bonds. The molecule has 0 radical (unpaired) electrons. The molecule has 0 aliphatic carbocycles. The normalized spacial score (nSPS) is 21.8. The molecule has 0 spiro atoms. The van der Waals surface area contributed by atoms with E-state index < -0.39 is 0 Å². The number of carbonyl (C=O) groups excluding carboxylic acids is 1. The van der Waals surface area contributed by atoms with Crippen molar-refractivity contribution < 1.29 is 9.53 Å². The van der Waals surface area contributed by atoms with Crippen LogP contribution in [0.15, 0.2) is 18.5 Å². The van der Waals surface area contributed by atoms with Gasteiger partial charge in [-0.3, -0.25) is 9.48 Å². The van der Waals surface area contributed by atoms with Gasteiger partial charge in [-0.15, -0.1) is 0 Å². The van der Waals surface area contributed by atoms with E-state index in [0.717, 1.165) is 31.0 Å². The number of carbonyl (C=O) groups is 1. The van der Waals surface area contributed by atoms with Crippen molar-refractivity contribution in [2.24, 2.45) is 20.0 Å². The van der Waals surface area contributed by atoms with Crippen LogP contribution in [0.25, 0.3) is 11.5 Å². The molecule has 2 aromatic heterocycles. The number of aromatic nitrogens is 4. The summed E-state index contributed by atoms with van der Waals surface area (Å²) in [4.78, 5) is 16.7. The maximum Gasteiger partial charge on any atom is 0.231 e. The van der Waals surface area contributed by atoms with Gasteiger partial charge in [-0.2, -0.15) is 5.10 Å². The molecule has 2 aromatic rings. The zero-order chi connectivity index (χ0) is 15.7. The van der Waals surface area contributed by atoms with Gasteiger partial charge in [0.05, 0.1) is 12.0 Å². The quantitative estimate of drug-likeness (QED) is 0.934. The Balaban J connectivity index is 1.77. The molecule has 0 bridgehead atoms. The van der Waals surface area contributed by atoms with E-state index in [2.05, 4.69) is 15.4 Å². The van der Waals surface area contributed by atoms with Crippen LogP contribution in [0.1, 0.15) is 19.8 Å². The second-order valence-electron chi connectivity index (χ2n) is 5.71. The average molecular weight is 303 g/mol.